The predicted molar refractivity (Wildman–Crippen MR) is 142 cm³/mol. The molecule has 0 atom stereocenters. The first-order chi connectivity index (χ1) is 15.5. The summed E-state index contributed by atoms with van der Waals surface area (Å²) in [5, 5.41) is 0. The van der Waals surface area contributed by atoms with Gasteiger partial charge in [0.2, 0.25) is 0 Å². The van der Waals surface area contributed by atoms with E-state index in [2.05, 4.69) is 13.8 Å². The number of hydrogen-bond acceptors (Lipinski definition) is 5. The van der Waals surface area contributed by atoms with Crippen molar-refractivity contribution >= 4 is 16.1 Å². The summed E-state index contributed by atoms with van der Waals surface area (Å²) in [5.74, 6) is -0.617. The Kier molecular flexibility index (Phi) is 27.2. The van der Waals surface area contributed by atoms with Gasteiger partial charge in [0.05, 0.1) is 5.75 Å². The van der Waals surface area contributed by atoms with Gasteiger partial charge in [0, 0.05) is 6.42 Å². The largest absolute Gasteiger partial charge is 0.346 e. The van der Waals surface area contributed by atoms with Gasteiger partial charge in [-0.3, -0.25) is 4.79 Å². The van der Waals surface area contributed by atoms with Crippen LogP contribution in [0.1, 0.15) is 162 Å². The molecule has 0 unspecified atom stereocenters. The maximum atomic E-state index is 11.9. The van der Waals surface area contributed by atoms with E-state index in [4.69, 9.17) is 4.18 Å². The number of unbranched alkanes of at least 4 members (excludes halogenated alkanes) is 20. The summed E-state index contributed by atoms with van der Waals surface area (Å²) >= 11 is 0. The first-order valence-corrected chi connectivity index (χ1v) is 15.5. The molecule has 0 aromatic heterocycles. The van der Waals surface area contributed by atoms with Crippen molar-refractivity contribution in [1.82, 2.24) is 6.15 Å². The molecule has 0 aliphatic carbocycles. The van der Waals surface area contributed by atoms with Crippen molar-refractivity contribution in [2.75, 3.05) is 5.75 Å². The monoisotopic (exact) mass is 491 g/mol. The Balaban J connectivity index is 0. The molecule has 0 radical (unpaired) electrons. The maximum absolute atomic E-state index is 11.9. The van der Waals surface area contributed by atoms with Crippen LogP contribution < -0.4 is 6.15 Å². The molecule has 5 nitrogen and oxygen atoms in total. The van der Waals surface area contributed by atoms with E-state index in [1.807, 2.05) is 0 Å². The molecule has 0 saturated heterocycles. The highest BCUT2D eigenvalue weighted by Gasteiger charge is 2.16. The van der Waals surface area contributed by atoms with Gasteiger partial charge in [-0.15, -0.1) is 0 Å². The van der Waals surface area contributed by atoms with E-state index in [1.54, 1.807) is 0 Å². The standard InChI is InChI=1S/C27H54O4S.H3N/c1-3-5-7-9-11-12-13-14-15-16-17-18-19-21-23-25-27(28)31-32(29,30)26-24-22-20-10-8-6-4-2;/h3-26H2,1-2H3;1H3. The van der Waals surface area contributed by atoms with Gasteiger partial charge in [-0.1, -0.05) is 142 Å². The van der Waals surface area contributed by atoms with Crippen molar-refractivity contribution in [3.63, 3.8) is 0 Å². The average molecular weight is 492 g/mol. The summed E-state index contributed by atoms with van der Waals surface area (Å²) in [5.41, 5.74) is 0. The van der Waals surface area contributed by atoms with Crippen molar-refractivity contribution in [1.29, 1.82) is 0 Å². The Labute approximate surface area is 206 Å². The summed E-state index contributed by atoms with van der Waals surface area (Å²) in [4.78, 5) is 11.8. The van der Waals surface area contributed by atoms with Gasteiger partial charge < -0.3 is 10.3 Å². The fourth-order valence-corrected chi connectivity index (χ4v) is 5.11. The minimum atomic E-state index is -3.70. The second-order valence-electron chi connectivity index (χ2n) is 9.54. The third-order valence-electron chi connectivity index (χ3n) is 6.20. The molecule has 0 aliphatic heterocycles. The lowest BCUT2D eigenvalue weighted by Crippen LogP contribution is -2.16. The van der Waals surface area contributed by atoms with Crippen LogP contribution in [-0.2, 0) is 19.1 Å². The first-order valence-electron chi connectivity index (χ1n) is 14.0. The van der Waals surface area contributed by atoms with Gasteiger partial charge in [0.1, 0.15) is 0 Å². The van der Waals surface area contributed by atoms with E-state index in [0.717, 1.165) is 38.5 Å². The molecular weight excluding hydrogens is 434 g/mol. The van der Waals surface area contributed by atoms with Crippen molar-refractivity contribution in [3.8, 4) is 0 Å². The lowest BCUT2D eigenvalue weighted by Gasteiger charge is -2.06. The van der Waals surface area contributed by atoms with E-state index in [-0.39, 0.29) is 18.3 Å². The summed E-state index contributed by atoms with van der Waals surface area (Å²) in [6, 6.07) is 0. The van der Waals surface area contributed by atoms with Crippen LogP contribution in [0.15, 0.2) is 0 Å². The van der Waals surface area contributed by atoms with Crippen LogP contribution in [0.4, 0.5) is 0 Å². The first kappa shape index (κ1) is 34.5. The summed E-state index contributed by atoms with van der Waals surface area (Å²) in [6.07, 6.45) is 26.6. The van der Waals surface area contributed by atoms with Crippen LogP contribution in [0.2, 0.25) is 0 Å². The highest BCUT2D eigenvalue weighted by atomic mass is 32.2. The Morgan fingerprint density at radius 2 is 0.818 bits per heavy atom. The summed E-state index contributed by atoms with van der Waals surface area (Å²) in [7, 11) is -3.70. The zero-order valence-corrected chi connectivity index (χ0v) is 23.0. The average Bonchev–Trinajstić information content (AvgIpc) is 2.75. The lowest BCUT2D eigenvalue weighted by molar-refractivity contribution is -0.133. The molecule has 0 bridgehead atoms. The van der Waals surface area contributed by atoms with Crippen LogP contribution in [0.5, 0.6) is 0 Å². The Morgan fingerprint density at radius 1 is 0.515 bits per heavy atom. The van der Waals surface area contributed by atoms with Gasteiger partial charge in [0.25, 0.3) is 0 Å². The molecule has 0 amide bonds. The molecule has 0 fully saturated rings. The molecule has 0 aromatic carbocycles. The highest BCUT2D eigenvalue weighted by Crippen LogP contribution is 2.14. The molecule has 0 aromatic rings. The SMILES string of the molecule is CCCCCCCCCCCCCCCCCC(=O)OS(=O)(=O)CCCCCCCCC.N. The van der Waals surface area contributed by atoms with Gasteiger partial charge in [-0.05, 0) is 12.8 Å². The molecule has 0 rings (SSSR count). The zero-order chi connectivity index (χ0) is 23.8. The summed E-state index contributed by atoms with van der Waals surface area (Å²) < 4.78 is 28.5. The topological polar surface area (TPSA) is 95.4 Å². The van der Waals surface area contributed by atoms with Gasteiger partial charge >= 0.3 is 16.1 Å². The Hall–Kier alpha value is -0.620. The number of rotatable bonds is 25. The van der Waals surface area contributed by atoms with Crippen LogP contribution in [0.3, 0.4) is 0 Å². The van der Waals surface area contributed by atoms with E-state index in [9.17, 15) is 13.2 Å². The number of carbonyl (C=O) groups is 1. The molecule has 0 aliphatic rings. The second-order valence-corrected chi connectivity index (χ2v) is 11.2. The number of carbonyl (C=O) groups excluding carboxylic acids is 1. The van der Waals surface area contributed by atoms with Crippen LogP contribution in [-0.4, -0.2) is 20.1 Å². The molecular formula is C27H57NO4S. The maximum Gasteiger partial charge on any atom is 0.322 e. The molecule has 3 N–H and O–H groups in total. The van der Waals surface area contributed by atoms with Crippen molar-refractivity contribution in [2.45, 2.75) is 162 Å². The molecule has 33 heavy (non-hydrogen) atoms. The molecule has 6 heteroatoms. The van der Waals surface area contributed by atoms with Crippen LogP contribution >= 0.6 is 0 Å². The van der Waals surface area contributed by atoms with Gasteiger partial charge in [-0.25, -0.2) is 0 Å². The Morgan fingerprint density at radius 3 is 1.18 bits per heavy atom. The summed E-state index contributed by atoms with van der Waals surface area (Å²) in [6.45, 7) is 4.44. The molecule has 0 saturated carbocycles. The van der Waals surface area contributed by atoms with E-state index in [1.165, 1.54) is 96.3 Å². The number of hydrogen-bond donors (Lipinski definition) is 1. The predicted octanol–water partition coefficient (Wildman–Crippen LogP) is 9.03. The minimum absolute atomic E-state index is 0. The van der Waals surface area contributed by atoms with Crippen molar-refractivity contribution in [3.05, 3.63) is 0 Å². The smallest absolute Gasteiger partial charge is 0.322 e. The van der Waals surface area contributed by atoms with Crippen molar-refractivity contribution in [2.24, 2.45) is 0 Å². The molecule has 0 spiro atoms. The lowest BCUT2D eigenvalue weighted by atomic mass is 10.0. The van der Waals surface area contributed by atoms with Crippen molar-refractivity contribution < 1.29 is 17.4 Å². The fourth-order valence-electron chi connectivity index (χ4n) is 4.10. The fraction of sp³-hybridized carbons (Fsp3) is 0.963. The zero-order valence-electron chi connectivity index (χ0n) is 22.2. The Bertz CT molecular complexity index is 508. The molecule has 0 heterocycles. The second kappa shape index (κ2) is 26.0. The van der Waals surface area contributed by atoms with E-state index in [0.29, 0.717) is 6.42 Å². The minimum Gasteiger partial charge on any atom is -0.346 e. The highest BCUT2D eigenvalue weighted by molar-refractivity contribution is 7.87. The third kappa shape index (κ3) is 27.5. The quantitative estimate of drug-likeness (QED) is 0.101. The van der Waals surface area contributed by atoms with E-state index >= 15 is 0 Å². The van der Waals surface area contributed by atoms with Crippen LogP contribution in [0.25, 0.3) is 0 Å². The van der Waals surface area contributed by atoms with Gasteiger partial charge in [-0.2, -0.15) is 8.42 Å². The third-order valence-corrected chi connectivity index (χ3v) is 7.43. The normalized spacial score (nSPS) is 11.3. The van der Waals surface area contributed by atoms with E-state index < -0.39 is 16.1 Å². The van der Waals surface area contributed by atoms with Gasteiger partial charge in [0.15, 0.2) is 0 Å². The van der Waals surface area contributed by atoms with Crippen LogP contribution in [0, 0.1) is 0 Å². The molecule has 200 valence electrons.